The summed E-state index contributed by atoms with van der Waals surface area (Å²) in [7, 11) is 0. The van der Waals surface area contributed by atoms with Gasteiger partial charge in [0, 0.05) is 6.54 Å². The molecular weight excluding hydrogens is 380 g/mol. The van der Waals surface area contributed by atoms with Crippen molar-refractivity contribution in [3.8, 4) is 0 Å². The molecule has 2 rings (SSSR count). The second-order valence-electron chi connectivity index (χ2n) is 8.11. The Morgan fingerprint density at radius 2 is 1.83 bits per heavy atom. The Morgan fingerprint density at radius 1 is 1.10 bits per heavy atom. The van der Waals surface area contributed by atoms with Crippen molar-refractivity contribution < 1.29 is 29.4 Å². The molecule has 0 radical (unpaired) electrons. The molecule has 0 saturated carbocycles. The second-order valence-corrected chi connectivity index (χ2v) is 8.11. The molecule has 0 bridgehead atoms. The lowest BCUT2D eigenvalue weighted by Gasteiger charge is -2.28. The first-order chi connectivity index (χ1) is 13.7. The lowest BCUT2D eigenvalue weighted by molar-refractivity contribution is -0.150. The van der Waals surface area contributed by atoms with Crippen LogP contribution < -0.4 is 16.0 Å². The number of likely N-dealkylation sites (tertiary alicyclic amines) is 1. The maximum atomic E-state index is 12.8. The number of hydrogen-bond donors (Lipinski definition) is 5. The van der Waals surface area contributed by atoms with Crippen LogP contribution in [0, 0.1) is 5.92 Å². The Kier molecular flexibility index (Phi) is 8.39. The van der Waals surface area contributed by atoms with Gasteiger partial charge < -0.3 is 31.1 Å². The third-order valence-corrected chi connectivity index (χ3v) is 5.33. The molecule has 2 saturated heterocycles. The first-order valence-corrected chi connectivity index (χ1v) is 10.2. The minimum Gasteiger partial charge on any atom is -0.480 e. The van der Waals surface area contributed by atoms with Gasteiger partial charge in [-0.1, -0.05) is 13.8 Å². The van der Waals surface area contributed by atoms with Crippen LogP contribution in [0.15, 0.2) is 0 Å². The SMILES string of the molecule is CC(C)CC(NC(=O)C1CCCN1)C(=O)NC(CO)C(=O)N1CCCC1C(=O)O. The summed E-state index contributed by atoms with van der Waals surface area (Å²) in [5, 5.41) is 27.2. The van der Waals surface area contributed by atoms with E-state index in [2.05, 4.69) is 16.0 Å². The van der Waals surface area contributed by atoms with Crippen molar-refractivity contribution in [2.24, 2.45) is 5.92 Å². The van der Waals surface area contributed by atoms with Crippen LogP contribution in [0.5, 0.6) is 0 Å². The number of nitrogens with zero attached hydrogens (tertiary/aromatic N) is 1. The van der Waals surface area contributed by atoms with Crippen molar-refractivity contribution >= 4 is 23.7 Å². The first kappa shape index (κ1) is 23.1. The molecule has 4 atom stereocenters. The summed E-state index contributed by atoms with van der Waals surface area (Å²) in [5.41, 5.74) is 0. The van der Waals surface area contributed by atoms with E-state index in [9.17, 15) is 29.4 Å². The molecule has 3 amide bonds. The molecule has 0 aromatic carbocycles. The molecule has 29 heavy (non-hydrogen) atoms. The summed E-state index contributed by atoms with van der Waals surface area (Å²) in [5.74, 6) is -2.45. The largest absolute Gasteiger partial charge is 0.480 e. The molecule has 2 aliphatic rings. The molecule has 2 heterocycles. The number of nitrogens with one attached hydrogen (secondary N) is 3. The summed E-state index contributed by atoms with van der Waals surface area (Å²) in [4.78, 5) is 50.4. The van der Waals surface area contributed by atoms with Gasteiger partial charge in [0.15, 0.2) is 0 Å². The Hall–Kier alpha value is -2.20. The van der Waals surface area contributed by atoms with Crippen molar-refractivity contribution in [3.05, 3.63) is 0 Å². The van der Waals surface area contributed by atoms with Gasteiger partial charge in [0.2, 0.25) is 17.7 Å². The number of hydrogen-bond acceptors (Lipinski definition) is 6. The number of aliphatic hydroxyl groups is 1. The number of rotatable bonds is 9. The highest BCUT2D eigenvalue weighted by Gasteiger charge is 2.38. The van der Waals surface area contributed by atoms with Gasteiger partial charge in [-0.25, -0.2) is 4.79 Å². The standard InChI is InChI=1S/C19H32N4O6/c1-11(2)9-13(21-16(25)12-5-3-7-20-12)17(26)22-14(10-24)18(27)23-8-4-6-15(23)19(28)29/h11-15,20,24H,3-10H2,1-2H3,(H,21,25)(H,22,26)(H,28,29). The minimum atomic E-state index is -1.25. The summed E-state index contributed by atoms with van der Waals surface area (Å²) in [6.45, 7) is 4.19. The van der Waals surface area contributed by atoms with Crippen molar-refractivity contribution in [3.63, 3.8) is 0 Å². The molecule has 0 aromatic heterocycles. The van der Waals surface area contributed by atoms with Crippen molar-refractivity contribution in [2.75, 3.05) is 19.7 Å². The molecule has 164 valence electrons. The van der Waals surface area contributed by atoms with Crippen LogP contribution in [0.25, 0.3) is 0 Å². The molecule has 0 aromatic rings. The number of carboxylic acid groups (broad SMARTS) is 1. The number of carbonyl (C=O) groups excluding carboxylic acids is 3. The molecule has 5 N–H and O–H groups in total. The maximum Gasteiger partial charge on any atom is 0.326 e. The Bertz CT molecular complexity index is 620. The van der Waals surface area contributed by atoms with Crippen LogP contribution >= 0.6 is 0 Å². The number of carboxylic acids is 1. The summed E-state index contributed by atoms with van der Waals surface area (Å²) < 4.78 is 0. The van der Waals surface area contributed by atoms with E-state index in [1.165, 1.54) is 4.90 Å². The van der Waals surface area contributed by atoms with E-state index in [1.54, 1.807) is 0 Å². The normalized spacial score (nSPS) is 23.7. The maximum absolute atomic E-state index is 12.8. The molecule has 2 aliphatic heterocycles. The van der Waals surface area contributed by atoms with Gasteiger partial charge in [-0.3, -0.25) is 14.4 Å². The van der Waals surface area contributed by atoms with Crippen LogP contribution in [0.3, 0.4) is 0 Å². The van der Waals surface area contributed by atoms with Gasteiger partial charge in [-0.2, -0.15) is 0 Å². The van der Waals surface area contributed by atoms with E-state index >= 15 is 0 Å². The van der Waals surface area contributed by atoms with Gasteiger partial charge in [-0.15, -0.1) is 0 Å². The monoisotopic (exact) mass is 412 g/mol. The van der Waals surface area contributed by atoms with Crippen molar-refractivity contribution in [1.82, 2.24) is 20.9 Å². The molecular formula is C19H32N4O6. The van der Waals surface area contributed by atoms with Crippen LogP contribution in [-0.2, 0) is 19.2 Å². The van der Waals surface area contributed by atoms with Gasteiger partial charge in [-0.05, 0) is 44.6 Å². The quantitative estimate of drug-likeness (QED) is 0.320. The third kappa shape index (κ3) is 6.14. The lowest BCUT2D eigenvalue weighted by atomic mass is 10.0. The molecule has 2 fully saturated rings. The van der Waals surface area contributed by atoms with Gasteiger partial charge in [0.1, 0.15) is 18.1 Å². The summed E-state index contributed by atoms with van der Waals surface area (Å²) in [6.07, 6.45) is 2.85. The first-order valence-electron chi connectivity index (χ1n) is 10.2. The highest BCUT2D eigenvalue weighted by Crippen LogP contribution is 2.18. The predicted octanol–water partition coefficient (Wildman–Crippen LogP) is -1.18. The van der Waals surface area contributed by atoms with E-state index in [0.29, 0.717) is 25.7 Å². The summed E-state index contributed by atoms with van der Waals surface area (Å²) >= 11 is 0. The van der Waals surface area contributed by atoms with Crippen LogP contribution in [-0.4, -0.2) is 82.7 Å². The summed E-state index contributed by atoms with van der Waals surface area (Å²) in [6, 6.07) is -3.39. The van der Waals surface area contributed by atoms with Crippen LogP contribution in [0.4, 0.5) is 0 Å². The number of amides is 3. The van der Waals surface area contributed by atoms with Crippen LogP contribution in [0.2, 0.25) is 0 Å². The molecule has 10 heteroatoms. The Morgan fingerprint density at radius 3 is 2.38 bits per heavy atom. The average Bonchev–Trinajstić information content (AvgIpc) is 3.36. The minimum absolute atomic E-state index is 0.112. The third-order valence-electron chi connectivity index (χ3n) is 5.33. The van der Waals surface area contributed by atoms with E-state index in [1.807, 2.05) is 13.8 Å². The van der Waals surface area contributed by atoms with Gasteiger partial charge >= 0.3 is 5.97 Å². The highest BCUT2D eigenvalue weighted by atomic mass is 16.4. The zero-order chi connectivity index (χ0) is 21.6. The van der Waals surface area contributed by atoms with Gasteiger partial charge in [0.25, 0.3) is 0 Å². The lowest BCUT2D eigenvalue weighted by Crippen LogP contribution is -2.58. The van der Waals surface area contributed by atoms with Crippen molar-refractivity contribution in [2.45, 2.75) is 70.1 Å². The van der Waals surface area contributed by atoms with E-state index in [-0.39, 0.29) is 24.4 Å². The van der Waals surface area contributed by atoms with Crippen molar-refractivity contribution in [1.29, 1.82) is 0 Å². The van der Waals surface area contributed by atoms with E-state index < -0.39 is 42.5 Å². The number of aliphatic hydroxyl groups excluding tert-OH is 1. The van der Waals surface area contributed by atoms with E-state index in [4.69, 9.17) is 0 Å². The number of aliphatic carboxylic acids is 1. The Labute approximate surface area is 170 Å². The fraction of sp³-hybridized carbons (Fsp3) is 0.789. The highest BCUT2D eigenvalue weighted by molar-refractivity contribution is 5.94. The zero-order valence-electron chi connectivity index (χ0n) is 17.0. The predicted molar refractivity (Wildman–Crippen MR) is 104 cm³/mol. The number of carbonyl (C=O) groups is 4. The second kappa shape index (κ2) is 10.5. The topological polar surface area (TPSA) is 148 Å². The smallest absolute Gasteiger partial charge is 0.326 e. The van der Waals surface area contributed by atoms with Gasteiger partial charge in [0.05, 0.1) is 12.6 Å². The zero-order valence-corrected chi connectivity index (χ0v) is 17.0. The fourth-order valence-corrected chi connectivity index (χ4v) is 3.83. The molecule has 4 unspecified atom stereocenters. The molecule has 10 nitrogen and oxygen atoms in total. The molecule has 0 aliphatic carbocycles. The Balaban J connectivity index is 2.03. The average molecular weight is 412 g/mol. The molecule has 0 spiro atoms. The van der Waals surface area contributed by atoms with E-state index in [0.717, 1.165) is 13.0 Å². The van der Waals surface area contributed by atoms with Crippen LogP contribution in [0.1, 0.15) is 46.0 Å². The fourth-order valence-electron chi connectivity index (χ4n) is 3.83.